The molecule has 1 saturated heterocycles. The van der Waals surface area contributed by atoms with Gasteiger partial charge in [-0.05, 0) is 24.6 Å². The predicted molar refractivity (Wildman–Crippen MR) is 74.4 cm³/mol. The van der Waals surface area contributed by atoms with Crippen LogP contribution >= 0.6 is 23.5 Å². The van der Waals surface area contributed by atoms with Crippen LogP contribution < -0.4 is 5.32 Å². The minimum atomic E-state index is 0.813. The fourth-order valence-electron chi connectivity index (χ4n) is 1.70. The molecule has 16 heavy (non-hydrogen) atoms. The molecule has 2 heterocycles. The van der Waals surface area contributed by atoms with E-state index in [0.29, 0.717) is 0 Å². The third-order valence-electron chi connectivity index (χ3n) is 2.57. The van der Waals surface area contributed by atoms with Crippen LogP contribution in [0.15, 0.2) is 24.5 Å². The molecule has 2 nitrogen and oxygen atoms in total. The molecule has 1 N–H and O–H groups in total. The second-order valence-electron chi connectivity index (χ2n) is 3.88. The lowest BCUT2D eigenvalue weighted by Crippen LogP contribution is -2.30. The van der Waals surface area contributed by atoms with Gasteiger partial charge in [-0.2, -0.15) is 23.5 Å². The van der Waals surface area contributed by atoms with Crippen LogP contribution in [0.1, 0.15) is 5.56 Å². The zero-order valence-electron chi connectivity index (χ0n) is 9.39. The van der Waals surface area contributed by atoms with E-state index in [-0.39, 0.29) is 0 Å². The van der Waals surface area contributed by atoms with Crippen LogP contribution in [0.4, 0.5) is 0 Å². The first-order valence-electron chi connectivity index (χ1n) is 5.74. The van der Waals surface area contributed by atoms with Gasteiger partial charge in [0, 0.05) is 41.4 Å². The molecular formula is C12H18N2S2. The molecule has 4 heteroatoms. The molecule has 1 fully saturated rings. The molecule has 0 spiro atoms. The Balaban J connectivity index is 1.58. The van der Waals surface area contributed by atoms with Crippen LogP contribution in [0.2, 0.25) is 0 Å². The highest BCUT2D eigenvalue weighted by Crippen LogP contribution is 2.23. The largest absolute Gasteiger partial charge is 0.315 e. The van der Waals surface area contributed by atoms with Crippen molar-refractivity contribution in [2.24, 2.45) is 0 Å². The lowest BCUT2D eigenvalue weighted by atomic mass is 10.2. The molecule has 1 aromatic rings. The summed E-state index contributed by atoms with van der Waals surface area (Å²) in [5, 5.41) is 4.35. The van der Waals surface area contributed by atoms with E-state index in [2.05, 4.69) is 39.9 Å². The van der Waals surface area contributed by atoms with Gasteiger partial charge in [0.1, 0.15) is 0 Å². The molecule has 0 radical (unpaired) electrons. The van der Waals surface area contributed by atoms with Crippen molar-refractivity contribution in [1.82, 2.24) is 10.3 Å². The molecule has 0 saturated carbocycles. The number of nitrogens with zero attached hydrogens (tertiary/aromatic N) is 1. The Bertz CT molecular complexity index is 286. The van der Waals surface area contributed by atoms with Gasteiger partial charge >= 0.3 is 0 Å². The summed E-state index contributed by atoms with van der Waals surface area (Å²) in [6.45, 7) is 2.21. The lowest BCUT2D eigenvalue weighted by molar-refractivity contribution is 0.680. The van der Waals surface area contributed by atoms with Gasteiger partial charge in [-0.25, -0.2) is 0 Å². The lowest BCUT2D eigenvalue weighted by Gasteiger charge is -2.21. The quantitative estimate of drug-likeness (QED) is 0.813. The summed E-state index contributed by atoms with van der Waals surface area (Å²) in [6.07, 6.45) is 4.86. The average molecular weight is 254 g/mol. The molecule has 1 aromatic heterocycles. The van der Waals surface area contributed by atoms with Gasteiger partial charge in [0.2, 0.25) is 0 Å². The summed E-state index contributed by atoms with van der Waals surface area (Å²) in [5.41, 5.74) is 1.32. The highest BCUT2D eigenvalue weighted by Gasteiger charge is 2.13. The summed E-state index contributed by atoms with van der Waals surface area (Å²) < 4.78 is 0. The number of hydrogen-bond donors (Lipinski definition) is 1. The summed E-state index contributed by atoms with van der Waals surface area (Å²) >= 11 is 4.20. The summed E-state index contributed by atoms with van der Waals surface area (Å²) in [5.74, 6) is 3.96. The van der Waals surface area contributed by atoms with Crippen molar-refractivity contribution in [2.45, 2.75) is 11.7 Å². The van der Waals surface area contributed by atoms with E-state index in [0.717, 1.165) is 24.8 Å². The van der Waals surface area contributed by atoms with E-state index < -0.39 is 0 Å². The van der Waals surface area contributed by atoms with E-state index in [9.17, 15) is 0 Å². The predicted octanol–water partition coefficient (Wildman–Crippen LogP) is 2.06. The molecule has 1 unspecified atom stereocenters. The third-order valence-corrected chi connectivity index (χ3v) is 5.42. The van der Waals surface area contributed by atoms with E-state index >= 15 is 0 Å². The second-order valence-corrected chi connectivity index (χ2v) is 6.44. The molecule has 0 aromatic carbocycles. The fraction of sp³-hybridized carbons (Fsp3) is 0.583. The first kappa shape index (κ1) is 12.3. The van der Waals surface area contributed by atoms with E-state index in [1.807, 2.05) is 18.5 Å². The first-order valence-corrected chi connectivity index (χ1v) is 7.94. The van der Waals surface area contributed by atoms with Crippen molar-refractivity contribution in [1.29, 1.82) is 0 Å². The van der Waals surface area contributed by atoms with Crippen molar-refractivity contribution in [3.05, 3.63) is 30.1 Å². The average Bonchev–Trinajstić information content (AvgIpc) is 2.37. The van der Waals surface area contributed by atoms with Crippen molar-refractivity contribution < 1.29 is 0 Å². The normalized spacial score (nSPS) is 20.9. The zero-order chi connectivity index (χ0) is 11.1. The number of hydrogen-bond acceptors (Lipinski definition) is 4. The molecule has 0 aliphatic carbocycles. The van der Waals surface area contributed by atoms with Crippen LogP contribution in [-0.4, -0.2) is 40.6 Å². The van der Waals surface area contributed by atoms with Gasteiger partial charge in [-0.1, -0.05) is 6.07 Å². The minimum Gasteiger partial charge on any atom is -0.315 e. The van der Waals surface area contributed by atoms with Gasteiger partial charge in [0.05, 0.1) is 0 Å². The van der Waals surface area contributed by atoms with Crippen LogP contribution in [0.25, 0.3) is 0 Å². The maximum atomic E-state index is 4.12. The van der Waals surface area contributed by atoms with E-state index in [1.165, 1.54) is 22.8 Å². The fourth-order valence-corrected chi connectivity index (χ4v) is 4.34. The van der Waals surface area contributed by atoms with Gasteiger partial charge in [-0.15, -0.1) is 0 Å². The summed E-state index contributed by atoms with van der Waals surface area (Å²) in [6, 6.07) is 4.14. The van der Waals surface area contributed by atoms with E-state index in [1.54, 1.807) is 0 Å². The first-order chi connectivity index (χ1) is 7.95. The minimum absolute atomic E-state index is 0.813. The van der Waals surface area contributed by atoms with Gasteiger partial charge in [0.25, 0.3) is 0 Å². The standard InChI is InChI=1S/C12H18N2S2/c1-2-11(8-13-4-1)3-5-14-9-12-10-15-6-7-16-12/h1-2,4,8,12,14H,3,5-7,9-10H2. The number of aromatic nitrogens is 1. The van der Waals surface area contributed by atoms with Gasteiger partial charge in [0.15, 0.2) is 0 Å². The molecule has 88 valence electrons. The Kier molecular flexibility index (Phi) is 5.52. The van der Waals surface area contributed by atoms with Crippen LogP contribution in [-0.2, 0) is 6.42 Å². The maximum Gasteiger partial charge on any atom is 0.0300 e. The number of nitrogens with one attached hydrogen (secondary N) is 1. The second kappa shape index (κ2) is 7.20. The monoisotopic (exact) mass is 254 g/mol. The topological polar surface area (TPSA) is 24.9 Å². The van der Waals surface area contributed by atoms with Crippen LogP contribution in [0.5, 0.6) is 0 Å². The van der Waals surface area contributed by atoms with Crippen molar-refractivity contribution in [3.63, 3.8) is 0 Å². The molecule has 2 rings (SSSR count). The number of rotatable bonds is 5. The number of pyridine rings is 1. The molecule has 1 atom stereocenters. The molecular weight excluding hydrogens is 236 g/mol. The highest BCUT2D eigenvalue weighted by molar-refractivity contribution is 8.06. The Hall–Kier alpha value is -0.190. The Morgan fingerprint density at radius 1 is 1.44 bits per heavy atom. The molecule has 0 bridgehead atoms. The molecule has 1 aliphatic heterocycles. The summed E-state index contributed by atoms with van der Waals surface area (Å²) in [4.78, 5) is 4.12. The van der Waals surface area contributed by atoms with Gasteiger partial charge < -0.3 is 5.32 Å². The number of thioether (sulfide) groups is 2. The van der Waals surface area contributed by atoms with Crippen molar-refractivity contribution >= 4 is 23.5 Å². The van der Waals surface area contributed by atoms with Gasteiger partial charge in [-0.3, -0.25) is 4.98 Å². The van der Waals surface area contributed by atoms with Crippen LogP contribution in [0.3, 0.4) is 0 Å². The Labute approximate surface area is 106 Å². The Morgan fingerprint density at radius 3 is 3.19 bits per heavy atom. The van der Waals surface area contributed by atoms with E-state index in [4.69, 9.17) is 0 Å². The SMILES string of the molecule is c1cncc(CCNCC2CSCCS2)c1. The summed E-state index contributed by atoms with van der Waals surface area (Å²) in [7, 11) is 0. The van der Waals surface area contributed by atoms with Crippen molar-refractivity contribution in [2.75, 3.05) is 30.3 Å². The van der Waals surface area contributed by atoms with Crippen molar-refractivity contribution in [3.8, 4) is 0 Å². The maximum absolute atomic E-state index is 4.12. The van der Waals surface area contributed by atoms with Crippen LogP contribution in [0, 0.1) is 0 Å². The molecule has 0 amide bonds. The smallest absolute Gasteiger partial charge is 0.0300 e. The highest BCUT2D eigenvalue weighted by atomic mass is 32.2. The molecule has 1 aliphatic rings. The third kappa shape index (κ3) is 4.36. The zero-order valence-corrected chi connectivity index (χ0v) is 11.0. The Morgan fingerprint density at radius 2 is 2.44 bits per heavy atom.